The zero-order valence-corrected chi connectivity index (χ0v) is 15.8. The summed E-state index contributed by atoms with van der Waals surface area (Å²) in [5.41, 5.74) is 7.15. The number of benzene rings is 1. The lowest BCUT2D eigenvalue weighted by molar-refractivity contribution is -0.149. The van der Waals surface area contributed by atoms with Crippen LogP contribution >= 0.6 is 11.3 Å². The first-order valence-corrected chi connectivity index (χ1v) is 9.83. The summed E-state index contributed by atoms with van der Waals surface area (Å²) >= 11 is 1.47. The number of carbonyl (C=O) groups is 3. The van der Waals surface area contributed by atoms with Crippen LogP contribution in [0.15, 0.2) is 35.7 Å². The van der Waals surface area contributed by atoms with E-state index in [1.165, 1.54) is 11.3 Å². The molecule has 1 aliphatic rings. The van der Waals surface area contributed by atoms with E-state index in [0.717, 1.165) is 28.8 Å². The van der Waals surface area contributed by atoms with Crippen molar-refractivity contribution in [2.75, 3.05) is 0 Å². The predicted molar refractivity (Wildman–Crippen MR) is 103 cm³/mol. The van der Waals surface area contributed by atoms with Crippen LogP contribution in [0, 0.1) is 18.8 Å². The van der Waals surface area contributed by atoms with Crippen LogP contribution in [0.25, 0.3) is 11.1 Å². The van der Waals surface area contributed by atoms with Crippen LogP contribution in [-0.2, 0) is 9.59 Å². The van der Waals surface area contributed by atoms with Gasteiger partial charge in [0.2, 0.25) is 5.91 Å². The minimum Gasteiger partial charge on any atom is -0.481 e. The van der Waals surface area contributed by atoms with Crippen LogP contribution in [0.5, 0.6) is 0 Å². The van der Waals surface area contributed by atoms with Gasteiger partial charge in [0.25, 0.3) is 5.91 Å². The molecule has 1 aromatic carbocycles. The van der Waals surface area contributed by atoms with Crippen LogP contribution in [0.2, 0.25) is 0 Å². The number of carboxylic acids is 1. The average Bonchev–Trinajstić information content (AvgIpc) is 3.08. The average molecular weight is 386 g/mol. The van der Waals surface area contributed by atoms with Gasteiger partial charge in [-0.1, -0.05) is 43.2 Å². The summed E-state index contributed by atoms with van der Waals surface area (Å²) in [6.45, 7) is 1.95. The highest BCUT2D eigenvalue weighted by Crippen LogP contribution is 2.32. The van der Waals surface area contributed by atoms with Crippen molar-refractivity contribution in [2.45, 2.75) is 32.6 Å². The van der Waals surface area contributed by atoms with Gasteiger partial charge in [0.15, 0.2) is 0 Å². The van der Waals surface area contributed by atoms with Gasteiger partial charge < -0.3 is 5.11 Å². The minimum atomic E-state index is -0.957. The van der Waals surface area contributed by atoms with Crippen molar-refractivity contribution in [1.82, 2.24) is 10.9 Å². The number of aliphatic carboxylic acids is 1. The number of carbonyl (C=O) groups excluding carboxylic acids is 2. The predicted octanol–water partition coefficient (Wildman–Crippen LogP) is 3.38. The van der Waals surface area contributed by atoms with Gasteiger partial charge in [-0.05, 0) is 25.3 Å². The largest absolute Gasteiger partial charge is 0.481 e. The van der Waals surface area contributed by atoms with Gasteiger partial charge in [-0.2, -0.15) is 0 Å². The molecule has 1 heterocycles. The van der Waals surface area contributed by atoms with Crippen molar-refractivity contribution < 1.29 is 19.5 Å². The van der Waals surface area contributed by atoms with E-state index in [2.05, 4.69) is 10.9 Å². The SMILES string of the molecule is Cc1scc(C(=O)NNC(=O)[C@@H]2CCCC[C@@H]2C(=O)O)c1-c1ccccc1. The van der Waals surface area contributed by atoms with E-state index in [-0.39, 0.29) is 0 Å². The molecule has 3 rings (SSSR count). The van der Waals surface area contributed by atoms with E-state index in [9.17, 15) is 19.5 Å². The Bertz CT molecular complexity index is 847. The highest BCUT2D eigenvalue weighted by Gasteiger charge is 2.35. The van der Waals surface area contributed by atoms with Crippen molar-refractivity contribution in [2.24, 2.45) is 11.8 Å². The number of hydrogen-bond donors (Lipinski definition) is 3. The molecule has 1 saturated carbocycles. The summed E-state index contributed by atoms with van der Waals surface area (Å²) in [6, 6.07) is 9.60. The normalized spacial score (nSPS) is 19.3. The maximum Gasteiger partial charge on any atom is 0.307 e. The second-order valence-electron chi connectivity index (χ2n) is 6.73. The van der Waals surface area contributed by atoms with Gasteiger partial charge in [-0.3, -0.25) is 25.2 Å². The van der Waals surface area contributed by atoms with Crippen molar-refractivity contribution in [1.29, 1.82) is 0 Å². The summed E-state index contributed by atoms with van der Waals surface area (Å²) in [6.07, 6.45) is 2.63. The number of hydrogen-bond acceptors (Lipinski definition) is 4. The molecule has 0 aliphatic heterocycles. The molecule has 1 aromatic heterocycles. The highest BCUT2D eigenvalue weighted by molar-refractivity contribution is 7.10. The van der Waals surface area contributed by atoms with Crippen molar-refractivity contribution >= 4 is 29.1 Å². The van der Waals surface area contributed by atoms with Gasteiger partial charge in [0, 0.05) is 15.8 Å². The number of carboxylic acid groups (broad SMARTS) is 1. The third-order valence-electron chi connectivity index (χ3n) is 5.00. The Morgan fingerprint density at radius 3 is 2.37 bits per heavy atom. The fraction of sp³-hybridized carbons (Fsp3) is 0.350. The molecule has 6 nitrogen and oxygen atoms in total. The zero-order chi connectivity index (χ0) is 19.4. The molecule has 1 fully saturated rings. The van der Waals surface area contributed by atoms with Crippen LogP contribution in [0.1, 0.15) is 40.9 Å². The molecular weight excluding hydrogens is 364 g/mol. The highest BCUT2D eigenvalue weighted by atomic mass is 32.1. The van der Waals surface area contributed by atoms with Crippen LogP contribution in [0.4, 0.5) is 0 Å². The number of hydrazine groups is 1. The van der Waals surface area contributed by atoms with Crippen molar-refractivity contribution in [3.63, 3.8) is 0 Å². The first-order valence-electron chi connectivity index (χ1n) is 8.95. The molecule has 0 unspecified atom stereocenters. The van der Waals surface area contributed by atoms with E-state index < -0.39 is 29.6 Å². The number of rotatable bonds is 4. The number of aryl methyl sites for hydroxylation is 1. The molecule has 0 saturated heterocycles. The Labute approximate surface area is 161 Å². The minimum absolute atomic E-state index is 0.408. The zero-order valence-electron chi connectivity index (χ0n) is 15.0. The lowest BCUT2D eigenvalue weighted by atomic mass is 9.79. The first kappa shape index (κ1) is 19.1. The molecule has 0 spiro atoms. The van der Waals surface area contributed by atoms with E-state index >= 15 is 0 Å². The quantitative estimate of drug-likeness (QED) is 0.702. The van der Waals surface area contributed by atoms with Gasteiger partial charge in [-0.15, -0.1) is 11.3 Å². The Kier molecular flexibility index (Phi) is 5.91. The van der Waals surface area contributed by atoms with Gasteiger partial charge in [0.1, 0.15) is 0 Å². The first-order chi connectivity index (χ1) is 13.0. The van der Waals surface area contributed by atoms with Crippen LogP contribution < -0.4 is 10.9 Å². The molecular formula is C20H22N2O4S. The maximum atomic E-state index is 12.6. The summed E-state index contributed by atoms with van der Waals surface area (Å²) in [7, 11) is 0. The fourth-order valence-electron chi connectivity index (χ4n) is 3.60. The van der Waals surface area contributed by atoms with E-state index in [0.29, 0.717) is 18.4 Å². The molecule has 2 atom stereocenters. The second kappa shape index (κ2) is 8.35. The number of nitrogens with one attached hydrogen (secondary N) is 2. The molecule has 1 aliphatic carbocycles. The number of thiophene rings is 1. The molecule has 2 aromatic rings. The molecule has 142 valence electrons. The third kappa shape index (κ3) is 4.19. The Morgan fingerprint density at radius 1 is 1.04 bits per heavy atom. The van der Waals surface area contributed by atoms with Crippen molar-refractivity contribution in [3.05, 3.63) is 46.2 Å². The van der Waals surface area contributed by atoms with Gasteiger partial charge in [-0.25, -0.2) is 0 Å². The second-order valence-corrected chi connectivity index (χ2v) is 7.81. The van der Waals surface area contributed by atoms with E-state index in [1.807, 2.05) is 37.3 Å². The smallest absolute Gasteiger partial charge is 0.307 e. The molecule has 0 radical (unpaired) electrons. The molecule has 0 bridgehead atoms. The summed E-state index contributed by atoms with van der Waals surface area (Å²) in [5, 5.41) is 11.1. The molecule has 2 amide bonds. The monoisotopic (exact) mass is 386 g/mol. The van der Waals surface area contributed by atoms with E-state index in [1.54, 1.807) is 5.38 Å². The summed E-state index contributed by atoms with van der Waals surface area (Å²) < 4.78 is 0. The maximum absolute atomic E-state index is 12.6. The molecule has 3 N–H and O–H groups in total. The molecule has 27 heavy (non-hydrogen) atoms. The summed E-state index contributed by atoms with van der Waals surface area (Å²) in [5.74, 6) is -3.12. The van der Waals surface area contributed by atoms with E-state index in [4.69, 9.17) is 0 Å². The molecule has 7 heteroatoms. The standard InChI is InChI=1S/C20H22N2O4S/c1-12-17(13-7-3-2-4-8-13)16(11-27-12)19(24)22-21-18(23)14-9-5-6-10-15(14)20(25)26/h2-4,7-8,11,14-15H,5-6,9-10H2,1H3,(H,21,23)(H,22,24)(H,25,26)/t14-,15+/m1/s1. The van der Waals surface area contributed by atoms with Crippen molar-refractivity contribution in [3.8, 4) is 11.1 Å². The van der Waals surface area contributed by atoms with Crippen LogP contribution in [-0.4, -0.2) is 22.9 Å². The topological polar surface area (TPSA) is 95.5 Å². The Morgan fingerprint density at radius 2 is 1.70 bits per heavy atom. The van der Waals surface area contributed by atoms with Gasteiger partial charge in [0.05, 0.1) is 17.4 Å². The lowest BCUT2D eigenvalue weighted by Crippen LogP contribution is -2.47. The lowest BCUT2D eigenvalue weighted by Gasteiger charge is -2.27. The van der Waals surface area contributed by atoms with Crippen LogP contribution in [0.3, 0.4) is 0 Å². The number of amides is 2. The third-order valence-corrected chi connectivity index (χ3v) is 5.91. The fourth-order valence-corrected chi connectivity index (χ4v) is 4.47. The summed E-state index contributed by atoms with van der Waals surface area (Å²) in [4.78, 5) is 37.4. The van der Waals surface area contributed by atoms with Gasteiger partial charge >= 0.3 is 5.97 Å². The Balaban J connectivity index is 1.70. The Hall–Kier alpha value is -2.67.